The number of methoxy groups -OCH3 is 1. The quantitative estimate of drug-likeness (QED) is 0.681. The molecule has 0 aliphatic carbocycles. The van der Waals surface area contributed by atoms with E-state index in [1.807, 2.05) is 13.8 Å². The lowest BCUT2D eigenvalue weighted by atomic mass is 10.0. The highest BCUT2D eigenvalue weighted by molar-refractivity contribution is 5.76. The third kappa shape index (κ3) is 5.19. The number of rotatable bonds is 6. The maximum Gasteiger partial charge on any atom is 0.223 e. The molecule has 4 heteroatoms. The van der Waals surface area contributed by atoms with Gasteiger partial charge >= 0.3 is 0 Å². The number of carbonyl (C=O) groups is 1. The molecule has 2 N–H and O–H groups in total. The Labute approximate surface area is 86.4 Å². The van der Waals surface area contributed by atoms with Crippen molar-refractivity contribution < 1.29 is 9.53 Å². The summed E-state index contributed by atoms with van der Waals surface area (Å²) >= 11 is 0. The minimum absolute atomic E-state index is 0.0486. The van der Waals surface area contributed by atoms with Crippen LogP contribution in [-0.4, -0.2) is 44.2 Å². The molecule has 1 amide bonds. The lowest BCUT2D eigenvalue weighted by molar-refractivity contribution is -0.131. The number of nitrogens with two attached hydrogens (primary N) is 1. The van der Waals surface area contributed by atoms with Gasteiger partial charge in [-0.3, -0.25) is 4.79 Å². The monoisotopic (exact) mass is 202 g/mol. The van der Waals surface area contributed by atoms with E-state index in [4.69, 9.17) is 10.5 Å². The molecule has 84 valence electrons. The van der Waals surface area contributed by atoms with E-state index in [2.05, 4.69) is 0 Å². The van der Waals surface area contributed by atoms with Crippen molar-refractivity contribution >= 4 is 5.91 Å². The molecule has 0 bridgehead atoms. The first-order valence-electron chi connectivity index (χ1n) is 4.97. The van der Waals surface area contributed by atoms with E-state index in [9.17, 15) is 4.79 Å². The van der Waals surface area contributed by atoms with Gasteiger partial charge in [0, 0.05) is 33.2 Å². The average Bonchev–Trinajstić information content (AvgIpc) is 2.13. The van der Waals surface area contributed by atoms with Crippen LogP contribution in [0.1, 0.15) is 20.3 Å². The summed E-state index contributed by atoms with van der Waals surface area (Å²) < 4.78 is 4.89. The molecule has 1 atom stereocenters. The van der Waals surface area contributed by atoms with E-state index < -0.39 is 0 Å². The molecule has 0 aliphatic rings. The van der Waals surface area contributed by atoms with Gasteiger partial charge in [-0.25, -0.2) is 0 Å². The second-order valence-electron chi connectivity index (χ2n) is 3.92. The number of carbonyl (C=O) groups excluding carboxylic acids is 1. The van der Waals surface area contributed by atoms with Crippen molar-refractivity contribution in [2.75, 3.05) is 27.3 Å². The Kier molecular flexibility index (Phi) is 6.49. The summed E-state index contributed by atoms with van der Waals surface area (Å²) in [7, 11) is 3.40. The number of hydrogen-bond donors (Lipinski definition) is 1. The summed E-state index contributed by atoms with van der Waals surface area (Å²) in [6.45, 7) is 5.24. The standard InChI is InChI=1S/C10H22N2O2/c1-8(2)9(11)7-10(13)12(3)5-6-14-4/h8-9H,5-7,11H2,1-4H3. The molecule has 0 saturated heterocycles. The van der Waals surface area contributed by atoms with Gasteiger partial charge in [0.05, 0.1) is 6.61 Å². The van der Waals surface area contributed by atoms with E-state index in [0.29, 0.717) is 25.5 Å². The molecule has 0 aromatic heterocycles. The zero-order chi connectivity index (χ0) is 11.1. The molecule has 0 spiro atoms. The molecular weight excluding hydrogens is 180 g/mol. The Balaban J connectivity index is 3.82. The van der Waals surface area contributed by atoms with Crippen LogP contribution in [-0.2, 0) is 9.53 Å². The molecule has 0 radical (unpaired) electrons. The van der Waals surface area contributed by atoms with Crippen LogP contribution in [0.2, 0.25) is 0 Å². The summed E-state index contributed by atoms with van der Waals surface area (Å²) in [6.07, 6.45) is 0.415. The fraction of sp³-hybridized carbons (Fsp3) is 0.900. The summed E-state index contributed by atoms with van der Waals surface area (Å²) in [5, 5.41) is 0. The molecule has 0 heterocycles. The molecule has 0 rings (SSSR count). The van der Waals surface area contributed by atoms with Gasteiger partial charge in [-0.2, -0.15) is 0 Å². The minimum Gasteiger partial charge on any atom is -0.383 e. The van der Waals surface area contributed by atoms with E-state index in [1.54, 1.807) is 19.1 Å². The predicted octanol–water partition coefficient (Wildman–Crippen LogP) is 0.465. The maximum atomic E-state index is 11.6. The molecule has 1 unspecified atom stereocenters. The minimum atomic E-state index is -0.0486. The van der Waals surface area contributed by atoms with Crippen molar-refractivity contribution in [3.8, 4) is 0 Å². The van der Waals surface area contributed by atoms with Gasteiger partial charge in [-0.05, 0) is 5.92 Å². The van der Waals surface area contributed by atoms with Crippen molar-refractivity contribution in [1.82, 2.24) is 4.90 Å². The summed E-state index contributed by atoms with van der Waals surface area (Å²) in [6, 6.07) is -0.0486. The van der Waals surface area contributed by atoms with E-state index in [0.717, 1.165) is 0 Å². The Morgan fingerprint density at radius 2 is 2.07 bits per heavy atom. The number of likely N-dealkylation sites (N-methyl/N-ethyl adjacent to an activating group) is 1. The van der Waals surface area contributed by atoms with Crippen LogP contribution in [0.3, 0.4) is 0 Å². The summed E-state index contributed by atoms with van der Waals surface area (Å²) in [5.74, 6) is 0.429. The average molecular weight is 202 g/mol. The molecule has 0 fully saturated rings. The van der Waals surface area contributed by atoms with Crippen LogP contribution in [0.5, 0.6) is 0 Å². The van der Waals surface area contributed by atoms with Crippen LogP contribution in [0, 0.1) is 5.92 Å². The zero-order valence-electron chi connectivity index (χ0n) is 9.62. The zero-order valence-corrected chi connectivity index (χ0v) is 9.62. The van der Waals surface area contributed by atoms with Gasteiger partial charge in [0.1, 0.15) is 0 Å². The second kappa shape index (κ2) is 6.79. The topological polar surface area (TPSA) is 55.6 Å². The first-order chi connectivity index (χ1) is 6.49. The second-order valence-corrected chi connectivity index (χ2v) is 3.92. The third-order valence-electron chi connectivity index (χ3n) is 2.32. The van der Waals surface area contributed by atoms with Gasteiger partial charge in [-0.15, -0.1) is 0 Å². The first-order valence-corrected chi connectivity index (χ1v) is 4.97. The summed E-state index contributed by atoms with van der Waals surface area (Å²) in [5.41, 5.74) is 5.81. The lowest BCUT2D eigenvalue weighted by Gasteiger charge is -2.20. The van der Waals surface area contributed by atoms with E-state index >= 15 is 0 Å². The van der Waals surface area contributed by atoms with Crippen LogP contribution in [0.15, 0.2) is 0 Å². The molecular formula is C10H22N2O2. The fourth-order valence-electron chi connectivity index (χ4n) is 0.946. The number of hydrogen-bond acceptors (Lipinski definition) is 3. The molecule has 4 nitrogen and oxygen atoms in total. The Morgan fingerprint density at radius 1 is 1.50 bits per heavy atom. The Hall–Kier alpha value is -0.610. The normalized spacial score (nSPS) is 13.0. The first kappa shape index (κ1) is 13.4. The number of ether oxygens (including phenoxy) is 1. The van der Waals surface area contributed by atoms with Gasteiger partial charge in [0.15, 0.2) is 0 Å². The smallest absolute Gasteiger partial charge is 0.223 e. The molecule has 14 heavy (non-hydrogen) atoms. The predicted molar refractivity (Wildman–Crippen MR) is 56.9 cm³/mol. The Morgan fingerprint density at radius 3 is 2.50 bits per heavy atom. The molecule has 0 aliphatic heterocycles. The highest BCUT2D eigenvalue weighted by atomic mass is 16.5. The highest BCUT2D eigenvalue weighted by Gasteiger charge is 2.15. The highest BCUT2D eigenvalue weighted by Crippen LogP contribution is 2.04. The van der Waals surface area contributed by atoms with Crippen molar-refractivity contribution in [2.45, 2.75) is 26.3 Å². The van der Waals surface area contributed by atoms with Crippen molar-refractivity contribution in [1.29, 1.82) is 0 Å². The third-order valence-corrected chi connectivity index (χ3v) is 2.32. The molecule has 0 aromatic carbocycles. The maximum absolute atomic E-state index is 11.6. The molecule has 0 saturated carbocycles. The van der Waals surface area contributed by atoms with Gasteiger partial charge in [-0.1, -0.05) is 13.8 Å². The number of nitrogens with zero attached hydrogens (tertiary/aromatic N) is 1. The van der Waals surface area contributed by atoms with Crippen LogP contribution in [0.25, 0.3) is 0 Å². The summed E-state index contributed by atoms with van der Waals surface area (Å²) in [4.78, 5) is 13.2. The SMILES string of the molecule is COCCN(C)C(=O)CC(N)C(C)C. The van der Waals surface area contributed by atoms with Crippen molar-refractivity contribution in [2.24, 2.45) is 11.7 Å². The van der Waals surface area contributed by atoms with Gasteiger partial charge in [0.25, 0.3) is 0 Å². The van der Waals surface area contributed by atoms with E-state index in [-0.39, 0.29) is 11.9 Å². The van der Waals surface area contributed by atoms with Gasteiger partial charge < -0.3 is 15.4 Å². The fourth-order valence-corrected chi connectivity index (χ4v) is 0.946. The lowest BCUT2D eigenvalue weighted by Crippen LogP contribution is -2.37. The number of amides is 1. The van der Waals surface area contributed by atoms with Crippen LogP contribution >= 0.6 is 0 Å². The van der Waals surface area contributed by atoms with Crippen molar-refractivity contribution in [3.05, 3.63) is 0 Å². The largest absolute Gasteiger partial charge is 0.383 e. The van der Waals surface area contributed by atoms with Crippen LogP contribution < -0.4 is 5.73 Å². The molecule has 0 aromatic rings. The van der Waals surface area contributed by atoms with E-state index in [1.165, 1.54) is 0 Å². The Bertz CT molecular complexity index is 172. The van der Waals surface area contributed by atoms with Crippen LogP contribution in [0.4, 0.5) is 0 Å². The van der Waals surface area contributed by atoms with Crippen molar-refractivity contribution in [3.63, 3.8) is 0 Å². The van der Waals surface area contributed by atoms with Gasteiger partial charge in [0.2, 0.25) is 5.91 Å².